The number of carbonyl (C=O) groups excluding carboxylic acids is 1. The van der Waals surface area contributed by atoms with E-state index in [2.05, 4.69) is 10.5 Å². The van der Waals surface area contributed by atoms with Crippen LogP contribution < -0.4 is 19.2 Å². The van der Waals surface area contributed by atoms with Gasteiger partial charge in [0.1, 0.15) is 18.0 Å². The highest BCUT2D eigenvalue weighted by atomic mass is 32.2. The number of sulfonamides is 1. The zero-order valence-electron chi connectivity index (χ0n) is 20.1. The first-order chi connectivity index (χ1) is 16.7. The van der Waals surface area contributed by atoms with Gasteiger partial charge in [0.2, 0.25) is 0 Å². The number of ether oxygens (including phenoxy) is 2. The standard InChI is InChI=1S/C26H29N3O5S/c1-19(2)34-24-11-7-21(8-12-24)17-27-28-26(30)18-29(22-9-13-23(33-4)14-10-22)35(31,32)25-15-5-20(3)6-16-25/h5-17,19H,18H2,1-4H3,(H,28,30)/b27-17-. The molecular weight excluding hydrogens is 466 g/mol. The Morgan fingerprint density at radius 2 is 1.57 bits per heavy atom. The van der Waals surface area contributed by atoms with Crippen molar-refractivity contribution >= 4 is 27.8 Å². The van der Waals surface area contributed by atoms with E-state index in [-0.39, 0.29) is 11.0 Å². The number of hydrazone groups is 1. The lowest BCUT2D eigenvalue weighted by atomic mass is 10.2. The molecule has 1 amide bonds. The fraction of sp³-hybridized carbons (Fsp3) is 0.231. The zero-order valence-corrected chi connectivity index (χ0v) is 21.0. The molecule has 35 heavy (non-hydrogen) atoms. The summed E-state index contributed by atoms with van der Waals surface area (Å²) in [5, 5.41) is 3.97. The third-order valence-corrected chi connectivity index (χ3v) is 6.70. The van der Waals surface area contributed by atoms with Gasteiger partial charge in [-0.05, 0) is 87.0 Å². The van der Waals surface area contributed by atoms with E-state index in [0.29, 0.717) is 11.4 Å². The van der Waals surface area contributed by atoms with E-state index in [0.717, 1.165) is 21.2 Å². The molecule has 0 unspecified atom stereocenters. The van der Waals surface area contributed by atoms with Gasteiger partial charge in [0.05, 0.1) is 30.0 Å². The van der Waals surface area contributed by atoms with E-state index in [9.17, 15) is 13.2 Å². The van der Waals surface area contributed by atoms with Crippen LogP contribution in [0.15, 0.2) is 82.8 Å². The molecule has 0 saturated carbocycles. The molecule has 0 bridgehead atoms. The molecule has 8 nitrogen and oxygen atoms in total. The number of hydrogen-bond acceptors (Lipinski definition) is 6. The Labute approximate surface area is 206 Å². The van der Waals surface area contributed by atoms with Crippen molar-refractivity contribution in [2.24, 2.45) is 5.10 Å². The van der Waals surface area contributed by atoms with Gasteiger partial charge < -0.3 is 9.47 Å². The molecule has 0 saturated heterocycles. The summed E-state index contributed by atoms with van der Waals surface area (Å²) in [7, 11) is -2.49. The maximum Gasteiger partial charge on any atom is 0.264 e. The minimum atomic E-state index is -4.01. The van der Waals surface area contributed by atoms with Gasteiger partial charge in [0.25, 0.3) is 15.9 Å². The van der Waals surface area contributed by atoms with Crippen molar-refractivity contribution in [1.29, 1.82) is 0 Å². The van der Waals surface area contributed by atoms with Crippen molar-refractivity contribution in [2.75, 3.05) is 18.0 Å². The number of carbonyl (C=O) groups is 1. The molecule has 184 valence electrons. The lowest BCUT2D eigenvalue weighted by Crippen LogP contribution is -2.39. The molecule has 0 aliphatic rings. The van der Waals surface area contributed by atoms with Crippen LogP contribution in [0.2, 0.25) is 0 Å². The van der Waals surface area contributed by atoms with Crippen LogP contribution in [0.3, 0.4) is 0 Å². The number of nitrogens with zero attached hydrogens (tertiary/aromatic N) is 2. The number of hydrogen-bond donors (Lipinski definition) is 1. The van der Waals surface area contributed by atoms with Crippen LogP contribution in [0, 0.1) is 6.92 Å². The number of amides is 1. The second kappa shape index (κ2) is 11.5. The third-order valence-electron chi connectivity index (χ3n) is 4.91. The van der Waals surface area contributed by atoms with Gasteiger partial charge >= 0.3 is 0 Å². The molecule has 0 aliphatic carbocycles. The number of nitrogens with one attached hydrogen (secondary N) is 1. The van der Waals surface area contributed by atoms with Crippen molar-refractivity contribution in [3.05, 3.63) is 83.9 Å². The first-order valence-electron chi connectivity index (χ1n) is 11.0. The van der Waals surface area contributed by atoms with Gasteiger partial charge in [-0.2, -0.15) is 5.10 Å². The maximum atomic E-state index is 13.4. The molecule has 9 heteroatoms. The molecule has 0 aromatic heterocycles. The molecule has 0 atom stereocenters. The predicted molar refractivity (Wildman–Crippen MR) is 137 cm³/mol. The summed E-state index contributed by atoms with van der Waals surface area (Å²) in [6, 6.07) is 20.1. The third kappa shape index (κ3) is 7.07. The van der Waals surface area contributed by atoms with Gasteiger partial charge in [-0.1, -0.05) is 17.7 Å². The van der Waals surface area contributed by atoms with Gasteiger partial charge in [0.15, 0.2) is 0 Å². The Morgan fingerprint density at radius 3 is 2.14 bits per heavy atom. The highest BCUT2D eigenvalue weighted by Crippen LogP contribution is 2.26. The van der Waals surface area contributed by atoms with Gasteiger partial charge in [-0.3, -0.25) is 9.10 Å². The number of benzene rings is 3. The smallest absolute Gasteiger partial charge is 0.264 e. The van der Waals surface area contributed by atoms with Crippen molar-refractivity contribution in [2.45, 2.75) is 31.8 Å². The van der Waals surface area contributed by atoms with Crippen molar-refractivity contribution < 1.29 is 22.7 Å². The van der Waals surface area contributed by atoms with E-state index in [1.807, 2.05) is 32.9 Å². The normalized spacial score (nSPS) is 11.5. The van der Waals surface area contributed by atoms with E-state index in [1.165, 1.54) is 25.5 Å². The van der Waals surface area contributed by atoms with Crippen LogP contribution in [-0.2, 0) is 14.8 Å². The Kier molecular flexibility index (Phi) is 8.48. The molecule has 1 N–H and O–H groups in total. The van der Waals surface area contributed by atoms with Gasteiger partial charge in [0, 0.05) is 0 Å². The monoisotopic (exact) mass is 495 g/mol. The fourth-order valence-corrected chi connectivity index (χ4v) is 4.57. The molecule has 3 aromatic rings. The van der Waals surface area contributed by atoms with Crippen molar-refractivity contribution in [1.82, 2.24) is 5.43 Å². The minimum Gasteiger partial charge on any atom is -0.497 e. The minimum absolute atomic E-state index is 0.0682. The van der Waals surface area contributed by atoms with Crippen molar-refractivity contribution in [3.8, 4) is 11.5 Å². The average Bonchev–Trinajstić information content (AvgIpc) is 2.83. The first-order valence-corrected chi connectivity index (χ1v) is 12.4. The lowest BCUT2D eigenvalue weighted by Gasteiger charge is -2.24. The number of anilines is 1. The van der Waals surface area contributed by atoms with Gasteiger partial charge in [-0.15, -0.1) is 0 Å². The summed E-state index contributed by atoms with van der Waals surface area (Å²) in [6.07, 6.45) is 1.54. The van der Waals surface area contributed by atoms with Crippen LogP contribution in [-0.4, -0.2) is 40.3 Å². The van der Waals surface area contributed by atoms with Crippen LogP contribution in [0.25, 0.3) is 0 Å². The first kappa shape index (κ1) is 25.8. The highest BCUT2D eigenvalue weighted by molar-refractivity contribution is 7.92. The van der Waals surface area contributed by atoms with Gasteiger partial charge in [-0.25, -0.2) is 13.8 Å². The summed E-state index contributed by atoms with van der Waals surface area (Å²) < 4.78 is 38.6. The summed E-state index contributed by atoms with van der Waals surface area (Å²) in [5.74, 6) is 0.713. The van der Waals surface area contributed by atoms with E-state index in [4.69, 9.17) is 9.47 Å². The lowest BCUT2D eigenvalue weighted by molar-refractivity contribution is -0.119. The molecule has 3 rings (SSSR count). The summed E-state index contributed by atoms with van der Waals surface area (Å²) in [6.45, 7) is 5.30. The van der Waals surface area contributed by atoms with Crippen LogP contribution >= 0.6 is 0 Å². The zero-order chi connectivity index (χ0) is 25.4. The van der Waals surface area contributed by atoms with Crippen LogP contribution in [0.5, 0.6) is 11.5 Å². The maximum absolute atomic E-state index is 13.4. The molecular formula is C26H29N3O5S. The topological polar surface area (TPSA) is 97.3 Å². The average molecular weight is 496 g/mol. The fourth-order valence-electron chi connectivity index (χ4n) is 3.15. The Bertz CT molecular complexity index is 1250. The predicted octanol–water partition coefficient (Wildman–Crippen LogP) is 4.14. The SMILES string of the molecule is COc1ccc(N(CC(=O)N/N=C\c2ccc(OC(C)C)cc2)S(=O)(=O)c2ccc(C)cc2)cc1. The van der Waals surface area contributed by atoms with E-state index in [1.54, 1.807) is 48.5 Å². The number of rotatable bonds is 10. The molecule has 0 fully saturated rings. The largest absolute Gasteiger partial charge is 0.497 e. The van der Waals surface area contributed by atoms with Crippen molar-refractivity contribution in [3.63, 3.8) is 0 Å². The van der Waals surface area contributed by atoms with E-state index >= 15 is 0 Å². The summed E-state index contributed by atoms with van der Waals surface area (Å²) >= 11 is 0. The summed E-state index contributed by atoms with van der Waals surface area (Å²) in [4.78, 5) is 12.8. The van der Waals surface area contributed by atoms with Crippen LogP contribution in [0.4, 0.5) is 5.69 Å². The molecule has 0 radical (unpaired) electrons. The Balaban J connectivity index is 1.77. The second-order valence-electron chi connectivity index (χ2n) is 8.05. The number of aryl methyl sites for hydroxylation is 1. The summed E-state index contributed by atoms with van der Waals surface area (Å²) in [5.41, 5.74) is 4.40. The Morgan fingerprint density at radius 1 is 0.971 bits per heavy atom. The quantitative estimate of drug-likeness (QED) is 0.337. The van der Waals surface area contributed by atoms with E-state index < -0.39 is 22.5 Å². The number of methoxy groups -OCH3 is 1. The second-order valence-corrected chi connectivity index (χ2v) is 9.91. The molecule has 0 heterocycles. The highest BCUT2D eigenvalue weighted by Gasteiger charge is 2.27. The molecule has 3 aromatic carbocycles. The van der Waals surface area contributed by atoms with Crippen LogP contribution in [0.1, 0.15) is 25.0 Å². The molecule has 0 spiro atoms. The molecule has 0 aliphatic heterocycles. The Hall–Kier alpha value is -3.85.